The number of carbonyl (C=O) groups excluding carboxylic acids is 1. The molecular formula is C23H25N3OS. The fourth-order valence-electron chi connectivity index (χ4n) is 4.00. The molecule has 1 N–H and O–H groups in total. The van der Waals surface area contributed by atoms with E-state index in [4.69, 9.17) is 0 Å². The van der Waals surface area contributed by atoms with Crippen LogP contribution in [-0.4, -0.2) is 22.5 Å². The quantitative estimate of drug-likeness (QED) is 0.586. The van der Waals surface area contributed by atoms with Crippen molar-refractivity contribution in [3.63, 3.8) is 0 Å². The van der Waals surface area contributed by atoms with E-state index in [2.05, 4.69) is 41.5 Å². The maximum atomic E-state index is 13.1. The monoisotopic (exact) mass is 391 g/mol. The van der Waals surface area contributed by atoms with Gasteiger partial charge in [0, 0.05) is 18.4 Å². The van der Waals surface area contributed by atoms with Crippen molar-refractivity contribution in [2.45, 2.75) is 39.7 Å². The number of aryl methyl sites for hydroxylation is 3. The largest absolute Gasteiger partial charge is 0.322 e. The lowest BCUT2D eigenvalue weighted by Gasteiger charge is -2.24. The van der Waals surface area contributed by atoms with Gasteiger partial charge >= 0.3 is 6.03 Å². The molecule has 3 aromatic rings. The number of likely N-dealkylation sites (tertiary alicyclic amines) is 1. The standard InChI is InChI=1S/C23H25N3OS/c1-15-12-16(2)21(17(3)13-15)25-23(27)26-11-7-10-19(26)22-24-14-20(28-22)18-8-5-4-6-9-18/h4-6,8-9,12-14,19H,7,10-11H2,1-3H3,(H,25,27)/t19-/m0/s1. The van der Waals surface area contributed by atoms with Gasteiger partial charge in [0.25, 0.3) is 0 Å². The maximum Gasteiger partial charge on any atom is 0.322 e. The Bertz CT molecular complexity index is 973. The van der Waals surface area contributed by atoms with Crippen molar-refractivity contribution >= 4 is 23.1 Å². The molecule has 2 amide bonds. The van der Waals surface area contributed by atoms with E-state index < -0.39 is 0 Å². The van der Waals surface area contributed by atoms with Crippen molar-refractivity contribution in [1.82, 2.24) is 9.88 Å². The second-order valence-corrected chi connectivity index (χ2v) is 8.55. The predicted molar refractivity (Wildman–Crippen MR) is 116 cm³/mol. The summed E-state index contributed by atoms with van der Waals surface area (Å²) in [6, 6.07) is 14.5. The van der Waals surface area contributed by atoms with E-state index in [1.807, 2.05) is 43.1 Å². The van der Waals surface area contributed by atoms with E-state index in [9.17, 15) is 4.79 Å². The van der Waals surface area contributed by atoms with Gasteiger partial charge in [0.15, 0.2) is 0 Å². The molecule has 144 valence electrons. The molecular weight excluding hydrogens is 366 g/mol. The number of anilines is 1. The molecule has 0 spiro atoms. The molecule has 0 saturated carbocycles. The molecule has 1 aromatic heterocycles. The van der Waals surface area contributed by atoms with Crippen LogP contribution >= 0.6 is 11.3 Å². The van der Waals surface area contributed by atoms with Gasteiger partial charge in [0.1, 0.15) is 5.01 Å². The van der Waals surface area contributed by atoms with Gasteiger partial charge in [-0.1, -0.05) is 48.0 Å². The molecule has 2 heterocycles. The third kappa shape index (κ3) is 3.67. The molecule has 1 aliphatic rings. The SMILES string of the molecule is Cc1cc(C)c(NC(=O)N2CCC[C@H]2c2ncc(-c3ccccc3)s2)c(C)c1. The van der Waals surface area contributed by atoms with Gasteiger partial charge in [-0.3, -0.25) is 0 Å². The summed E-state index contributed by atoms with van der Waals surface area (Å²) in [5, 5.41) is 4.17. The number of nitrogens with one attached hydrogen (secondary N) is 1. The number of nitrogens with zero attached hydrogens (tertiary/aromatic N) is 2. The van der Waals surface area contributed by atoms with Crippen molar-refractivity contribution in [1.29, 1.82) is 0 Å². The Kier molecular flexibility index (Phi) is 5.18. The summed E-state index contributed by atoms with van der Waals surface area (Å²) in [5.74, 6) is 0. The van der Waals surface area contributed by atoms with Crippen molar-refractivity contribution in [2.24, 2.45) is 0 Å². The lowest BCUT2D eigenvalue weighted by atomic mass is 10.1. The van der Waals surface area contributed by atoms with Crippen LogP contribution in [0.3, 0.4) is 0 Å². The van der Waals surface area contributed by atoms with E-state index in [1.165, 1.54) is 11.1 Å². The molecule has 28 heavy (non-hydrogen) atoms. The molecule has 0 bridgehead atoms. The third-order valence-corrected chi connectivity index (χ3v) is 6.44. The average Bonchev–Trinajstić information content (AvgIpc) is 3.34. The summed E-state index contributed by atoms with van der Waals surface area (Å²) in [6.07, 6.45) is 3.89. The molecule has 1 aliphatic heterocycles. The van der Waals surface area contributed by atoms with Gasteiger partial charge in [-0.05, 0) is 50.3 Å². The first-order valence-corrected chi connectivity index (χ1v) is 10.5. The number of carbonyl (C=O) groups is 1. The number of amides is 2. The summed E-state index contributed by atoms with van der Waals surface area (Å²) in [5.41, 5.74) is 5.50. The van der Waals surface area contributed by atoms with Crippen LogP contribution in [0.1, 0.15) is 40.6 Å². The first kappa shape index (κ1) is 18.7. The lowest BCUT2D eigenvalue weighted by Crippen LogP contribution is -2.34. The zero-order valence-electron chi connectivity index (χ0n) is 16.5. The topological polar surface area (TPSA) is 45.2 Å². The van der Waals surface area contributed by atoms with Gasteiger partial charge < -0.3 is 10.2 Å². The number of benzene rings is 2. The zero-order chi connectivity index (χ0) is 19.7. The van der Waals surface area contributed by atoms with E-state index in [-0.39, 0.29) is 12.1 Å². The molecule has 0 unspecified atom stereocenters. The minimum atomic E-state index is -0.0333. The Morgan fingerprint density at radius 2 is 1.86 bits per heavy atom. The molecule has 2 aromatic carbocycles. The van der Waals surface area contributed by atoms with Gasteiger partial charge in [-0.15, -0.1) is 11.3 Å². The highest BCUT2D eigenvalue weighted by molar-refractivity contribution is 7.15. The van der Waals surface area contributed by atoms with Crippen LogP contribution in [0.15, 0.2) is 48.7 Å². The van der Waals surface area contributed by atoms with Crippen LogP contribution in [0.5, 0.6) is 0 Å². The Morgan fingerprint density at radius 1 is 1.14 bits per heavy atom. The van der Waals surface area contributed by atoms with Gasteiger partial charge in [0.05, 0.1) is 10.9 Å². The van der Waals surface area contributed by atoms with Crippen molar-refractivity contribution in [2.75, 3.05) is 11.9 Å². The molecule has 1 fully saturated rings. The molecule has 1 saturated heterocycles. The first-order valence-electron chi connectivity index (χ1n) is 9.69. The number of thiazole rings is 1. The van der Waals surface area contributed by atoms with Crippen LogP contribution in [0.2, 0.25) is 0 Å². The predicted octanol–water partition coefficient (Wildman–Crippen LogP) is 6.10. The zero-order valence-corrected chi connectivity index (χ0v) is 17.3. The van der Waals surface area contributed by atoms with Crippen LogP contribution in [-0.2, 0) is 0 Å². The fraction of sp³-hybridized carbons (Fsp3) is 0.304. The normalized spacial score (nSPS) is 16.4. The summed E-state index contributed by atoms with van der Waals surface area (Å²) in [7, 11) is 0. The molecule has 1 atom stereocenters. The minimum Gasteiger partial charge on any atom is -0.315 e. The highest BCUT2D eigenvalue weighted by Gasteiger charge is 2.32. The molecule has 4 nitrogen and oxygen atoms in total. The van der Waals surface area contributed by atoms with Crippen molar-refractivity contribution in [3.8, 4) is 10.4 Å². The lowest BCUT2D eigenvalue weighted by molar-refractivity contribution is 0.207. The second-order valence-electron chi connectivity index (χ2n) is 7.48. The number of urea groups is 1. The van der Waals surface area contributed by atoms with Crippen molar-refractivity contribution < 1.29 is 4.79 Å². The van der Waals surface area contributed by atoms with Gasteiger partial charge in [-0.25, -0.2) is 9.78 Å². The summed E-state index contributed by atoms with van der Waals surface area (Å²) < 4.78 is 0. The van der Waals surface area contributed by atoms with Crippen LogP contribution in [0.4, 0.5) is 10.5 Å². The highest BCUT2D eigenvalue weighted by Crippen LogP contribution is 2.37. The number of hydrogen-bond acceptors (Lipinski definition) is 3. The Labute approximate surface area is 170 Å². The molecule has 0 radical (unpaired) electrons. The van der Waals surface area contributed by atoms with E-state index in [0.29, 0.717) is 0 Å². The number of rotatable bonds is 3. The minimum absolute atomic E-state index is 0.0333. The Morgan fingerprint density at radius 3 is 2.57 bits per heavy atom. The van der Waals surface area contributed by atoms with E-state index in [1.54, 1.807) is 11.3 Å². The molecule has 0 aliphatic carbocycles. The average molecular weight is 392 g/mol. The molecule has 4 rings (SSSR count). The van der Waals surface area contributed by atoms with Crippen LogP contribution in [0.25, 0.3) is 10.4 Å². The highest BCUT2D eigenvalue weighted by atomic mass is 32.1. The fourth-order valence-corrected chi connectivity index (χ4v) is 5.07. The van der Waals surface area contributed by atoms with E-state index in [0.717, 1.165) is 46.1 Å². The molecule has 5 heteroatoms. The first-order chi connectivity index (χ1) is 13.5. The van der Waals surface area contributed by atoms with E-state index >= 15 is 0 Å². The summed E-state index contributed by atoms with van der Waals surface area (Å²) in [4.78, 5) is 20.8. The van der Waals surface area contributed by atoms with Crippen molar-refractivity contribution in [3.05, 3.63) is 70.4 Å². The Hall–Kier alpha value is -2.66. The third-order valence-electron chi connectivity index (χ3n) is 5.29. The number of aromatic nitrogens is 1. The number of hydrogen-bond donors (Lipinski definition) is 1. The van der Waals surface area contributed by atoms with Crippen LogP contribution < -0.4 is 5.32 Å². The smallest absolute Gasteiger partial charge is 0.315 e. The summed E-state index contributed by atoms with van der Waals surface area (Å²) >= 11 is 1.69. The van der Waals surface area contributed by atoms with Gasteiger partial charge in [-0.2, -0.15) is 0 Å². The second kappa shape index (κ2) is 7.76. The van der Waals surface area contributed by atoms with Gasteiger partial charge in [0.2, 0.25) is 0 Å². The maximum absolute atomic E-state index is 13.1. The van der Waals surface area contributed by atoms with Crippen LogP contribution in [0, 0.1) is 20.8 Å². The summed E-state index contributed by atoms with van der Waals surface area (Å²) in [6.45, 7) is 6.93. The Balaban J connectivity index is 1.54.